The second-order valence-corrected chi connectivity index (χ2v) is 6.23. The summed E-state index contributed by atoms with van der Waals surface area (Å²) in [5.74, 6) is 0.569. The Kier molecular flexibility index (Phi) is 7.55. The van der Waals surface area contributed by atoms with Gasteiger partial charge in [-0.05, 0) is 24.0 Å². The van der Waals surface area contributed by atoms with E-state index in [0.29, 0.717) is 18.5 Å². The molecule has 1 fully saturated rings. The Bertz CT molecular complexity index is 615. The molecule has 6 heteroatoms. The summed E-state index contributed by atoms with van der Waals surface area (Å²) in [7, 11) is 0. The molecule has 0 bridgehead atoms. The lowest BCUT2D eigenvalue weighted by Crippen LogP contribution is -2.41. The van der Waals surface area contributed by atoms with Gasteiger partial charge in [0.25, 0.3) is 0 Å². The minimum Gasteiger partial charge on any atom is -0.370 e. The topological polar surface area (TPSA) is 68.2 Å². The van der Waals surface area contributed by atoms with Crippen LogP contribution in [0.15, 0.2) is 48.0 Å². The van der Waals surface area contributed by atoms with Crippen LogP contribution < -0.4 is 11.1 Å². The molecule has 3 rings (SSSR count). The molecule has 1 aliphatic carbocycles. The molecule has 0 amide bonds. The maximum absolute atomic E-state index is 6.00. The molecule has 3 N–H and O–H groups in total. The average Bonchev–Trinajstić information content (AvgIpc) is 3.08. The van der Waals surface area contributed by atoms with Crippen molar-refractivity contribution < 1.29 is 0 Å². The summed E-state index contributed by atoms with van der Waals surface area (Å²) in [4.78, 5) is 8.52. The molecule has 0 atom stereocenters. The minimum absolute atomic E-state index is 0. The second-order valence-electron chi connectivity index (χ2n) is 6.23. The first-order chi connectivity index (χ1) is 11.3. The van der Waals surface area contributed by atoms with Crippen LogP contribution in [0, 0.1) is 0 Å². The van der Waals surface area contributed by atoms with Crippen LogP contribution >= 0.6 is 24.0 Å². The molecule has 0 spiro atoms. The number of aliphatic imine (C=N–C) groups is 1. The number of imidazole rings is 1. The summed E-state index contributed by atoms with van der Waals surface area (Å²) < 4.78 is 2.05. The van der Waals surface area contributed by atoms with E-state index in [1.807, 2.05) is 12.5 Å². The largest absolute Gasteiger partial charge is 0.370 e. The molecule has 0 aliphatic heterocycles. The number of benzene rings is 1. The van der Waals surface area contributed by atoms with Gasteiger partial charge < -0.3 is 15.6 Å². The van der Waals surface area contributed by atoms with E-state index in [9.17, 15) is 0 Å². The van der Waals surface area contributed by atoms with E-state index in [1.54, 1.807) is 6.20 Å². The average molecular weight is 439 g/mol. The van der Waals surface area contributed by atoms with E-state index < -0.39 is 0 Å². The predicted octanol–water partition coefficient (Wildman–Crippen LogP) is 3.29. The monoisotopic (exact) mass is 439 g/mol. The normalized spacial score (nSPS) is 15.8. The third-order valence-corrected chi connectivity index (χ3v) is 4.34. The van der Waals surface area contributed by atoms with Crippen molar-refractivity contribution in [3.63, 3.8) is 0 Å². The summed E-state index contributed by atoms with van der Waals surface area (Å²) in [6.07, 6.45) is 11.9. The molecule has 0 radical (unpaired) electrons. The fourth-order valence-electron chi connectivity index (χ4n) is 3.02. The van der Waals surface area contributed by atoms with Gasteiger partial charge in [-0.3, -0.25) is 0 Å². The Balaban J connectivity index is 0.00000208. The van der Waals surface area contributed by atoms with Crippen molar-refractivity contribution in [2.24, 2.45) is 10.7 Å². The predicted molar refractivity (Wildman–Crippen MR) is 109 cm³/mol. The minimum atomic E-state index is 0. The molecule has 130 valence electrons. The molecule has 1 saturated carbocycles. The second kappa shape index (κ2) is 9.66. The van der Waals surface area contributed by atoms with Gasteiger partial charge in [-0.25, -0.2) is 9.98 Å². The van der Waals surface area contributed by atoms with Crippen LogP contribution in [0.5, 0.6) is 0 Å². The van der Waals surface area contributed by atoms with Gasteiger partial charge in [0, 0.05) is 25.0 Å². The quantitative estimate of drug-likeness (QED) is 0.427. The first-order valence-electron chi connectivity index (χ1n) is 8.39. The molecule has 0 saturated heterocycles. The van der Waals surface area contributed by atoms with Gasteiger partial charge >= 0.3 is 0 Å². The molecule has 5 nitrogen and oxygen atoms in total. The fraction of sp³-hybridized carbons (Fsp3) is 0.444. The number of nitrogens with two attached hydrogens (primary N) is 1. The highest BCUT2D eigenvalue weighted by molar-refractivity contribution is 14.0. The standard InChI is InChI=1S/C18H25N5.HI/c19-18(22-17-4-2-1-3-5-17)21-12-15-6-8-16(9-7-15)13-23-11-10-20-14-23;/h6-11,14,17H,1-5,12-13H2,(H3,19,21,22);1H. The highest BCUT2D eigenvalue weighted by Gasteiger charge is 2.13. The highest BCUT2D eigenvalue weighted by Crippen LogP contribution is 2.17. The van der Waals surface area contributed by atoms with E-state index in [-0.39, 0.29) is 24.0 Å². The summed E-state index contributed by atoms with van der Waals surface area (Å²) in [5, 5.41) is 3.35. The van der Waals surface area contributed by atoms with Gasteiger partial charge in [-0.15, -0.1) is 24.0 Å². The first-order valence-corrected chi connectivity index (χ1v) is 8.39. The lowest BCUT2D eigenvalue weighted by atomic mass is 9.96. The molecule has 24 heavy (non-hydrogen) atoms. The number of hydrogen-bond acceptors (Lipinski definition) is 2. The lowest BCUT2D eigenvalue weighted by molar-refractivity contribution is 0.412. The maximum atomic E-state index is 6.00. The number of nitrogens with zero attached hydrogens (tertiary/aromatic N) is 3. The molecule has 1 aromatic heterocycles. The number of hydrogen-bond donors (Lipinski definition) is 2. The number of guanidine groups is 1. The van der Waals surface area contributed by atoms with Crippen LogP contribution in [-0.4, -0.2) is 21.6 Å². The molecule has 1 aliphatic rings. The van der Waals surface area contributed by atoms with Gasteiger partial charge in [-0.2, -0.15) is 0 Å². The molecule has 0 unspecified atom stereocenters. The molecule has 1 aromatic carbocycles. The third-order valence-electron chi connectivity index (χ3n) is 4.34. The van der Waals surface area contributed by atoms with Gasteiger partial charge in [-0.1, -0.05) is 43.5 Å². The smallest absolute Gasteiger partial charge is 0.189 e. The Labute approximate surface area is 160 Å². The molecular weight excluding hydrogens is 413 g/mol. The zero-order chi connectivity index (χ0) is 15.9. The van der Waals surface area contributed by atoms with E-state index in [4.69, 9.17) is 5.73 Å². The summed E-state index contributed by atoms with van der Waals surface area (Å²) >= 11 is 0. The summed E-state index contributed by atoms with van der Waals surface area (Å²) in [5.41, 5.74) is 8.43. The van der Waals surface area contributed by atoms with E-state index in [2.05, 4.69) is 44.1 Å². The first kappa shape index (κ1) is 18.8. The third kappa shape index (κ3) is 5.81. The highest BCUT2D eigenvalue weighted by atomic mass is 127. The van der Waals surface area contributed by atoms with Crippen LogP contribution in [0.4, 0.5) is 0 Å². The Morgan fingerprint density at radius 2 is 1.88 bits per heavy atom. The number of rotatable bonds is 5. The molecular formula is C18H26IN5. The summed E-state index contributed by atoms with van der Waals surface area (Å²) in [6.45, 7) is 1.46. The Morgan fingerprint density at radius 1 is 1.17 bits per heavy atom. The van der Waals surface area contributed by atoms with Crippen LogP contribution in [0.2, 0.25) is 0 Å². The van der Waals surface area contributed by atoms with Crippen LogP contribution in [0.1, 0.15) is 43.2 Å². The van der Waals surface area contributed by atoms with Gasteiger partial charge in [0.2, 0.25) is 0 Å². The lowest BCUT2D eigenvalue weighted by Gasteiger charge is -2.23. The fourth-order valence-corrected chi connectivity index (χ4v) is 3.02. The summed E-state index contributed by atoms with van der Waals surface area (Å²) in [6, 6.07) is 9.00. The number of aromatic nitrogens is 2. The van der Waals surface area contributed by atoms with Gasteiger partial charge in [0.1, 0.15) is 0 Å². The van der Waals surface area contributed by atoms with Crippen molar-refractivity contribution in [1.29, 1.82) is 0 Å². The SMILES string of the molecule is I.NC(=NCc1ccc(Cn2ccnc2)cc1)NC1CCCCC1. The van der Waals surface area contributed by atoms with Gasteiger partial charge in [0.05, 0.1) is 12.9 Å². The van der Waals surface area contributed by atoms with Crippen LogP contribution in [0.3, 0.4) is 0 Å². The van der Waals surface area contributed by atoms with Crippen molar-refractivity contribution >= 4 is 29.9 Å². The number of nitrogens with one attached hydrogen (secondary N) is 1. The van der Waals surface area contributed by atoms with Crippen LogP contribution in [0.25, 0.3) is 0 Å². The zero-order valence-electron chi connectivity index (χ0n) is 13.9. The van der Waals surface area contributed by atoms with Gasteiger partial charge in [0.15, 0.2) is 5.96 Å². The number of halogens is 1. The van der Waals surface area contributed by atoms with Crippen molar-refractivity contribution in [2.75, 3.05) is 0 Å². The van der Waals surface area contributed by atoms with E-state index in [0.717, 1.165) is 6.54 Å². The Morgan fingerprint density at radius 3 is 2.54 bits per heavy atom. The van der Waals surface area contributed by atoms with E-state index in [1.165, 1.54) is 43.2 Å². The van der Waals surface area contributed by atoms with Crippen molar-refractivity contribution in [3.05, 3.63) is 54.1 Å². The maximum Gasteiger partial charge on any atom is 0.189 e. The zero-order valence-corrected chi connectivity index (χ0v) is 16.2. The van der Waals surface area contributed by atoms with Crippen molar-refractivity contribution in [2.45, 2.75) is 51.2 Å². The van der Waals surface area contributed by atoms with Crippen molar-refractivity contribution in [3.8, 4) is 0 Å². The molecule has 2 aromatic rings. The molecule has 1 heterocycles. The Hall–Kier alpha value is -1.57. The van der Waals surface area contributed by atoms with Crippen molar-refractivity contribution in [1.82, 2.24) is 14.9 Å². The van der Waals surface area contributed by atoms with Crippen LogP contribution in [-0.2, 0) is 13.1 Å². The van der Waals surface area contributed by atoms with E-state index >= 15 is 0 Å².